The van der Waals surface area contributed by atoms with Crippen LogP contribution in [0.2, 0.25) is 5.02 Å². The second kappa shape index (κ2) is 5.81. The second-order valence-corrected chi connectivity index (χ2v) is 5.27. The SMILES string of the molecule is Cc1cc(Cl)cc(C)c1Oc1ccc(F)cc1[C@H](C)O. The predicted octanol–water partition coefficient (Wildman–Crippen LogP) is 4.94. The molecule has 2 rings (SSSR count). The molecule has 4 heteroatoms. The van der Waals surface area contributed by atoms with Crippen molar-refractivity contribution in [2.24, 2.45) is 0 Å². The number of rotatable bonds is 3. The Labute approximate surface area is 122 Å². The quantitative estimate of drug-likeness (QED) is 0.868. The van der Waals surface area contributed by atoms with Crippen LogP contribution in [0.25, 0.3) is 0 Å². The molecule has 0 aliphatic heterocycles. The number of aliphatic hydroxyl groups is 1. The van der Waals surface area contributed by atoms with Crippen molar-refractivity contribution in [1.82, 2.24) is 0 Å². The smallest absolute Gasteiger partial charge is 0.133 e. The third kappa shape index (κ3) is 3.11. The average Bonchev–Trinajstić information content (AvgIpc) is 2.34. The zero-order valence-electron chi connectivity index (χ0n) is 11.6. The Morgan fingerprint density at radius 1 is 1.15 bits per heavy atom. The van der Waals surface area contributed by atoms with Gasteiger partial charge in [0.1, 0.15) is 17.3 Å². The summed E-state index contributed by atoms with van der Waals surface area (Å²) in [4.78, 5) is 0. The molecule has 0 radical (unpaired) electrons. The molecule has 0 aliphatic carbocycles. The Kier molecular flexibility index (Phi) is 4.31. The first-order valence-electron chi connectivity index (χ1n) is 6.30. The molecule has 0 bridgehead atoms. The highest BCUT2D eigenvalue weighted by atomic mass is 35.5. The van der Waals surface area contributed by atoms with Gasteiger partial charge in [-0.2, -0.15) is 0 Å². The van der Waals surface area contributed by atoms with Gasteiger partial charge in [-0.1, -0.05) is 11.6 Å². The number of benzene rings is 2. The van der Waals surface area contributed by atoms with E-state index in [0.29, 0.717) is 22.1 Å². The minimum atomic E-state index is -0.811. The number of halogens is 2. The van der Waals surface area contributed by atoms with E-state index in [1.807, 2.05) is 13.8 Å². The van der Waals surface area contributed by atoms with E-state index in [0.717, 1.165) is 11.1 Å². The lowest BCUT2D eigenvalue weighted by Gasteiger charge is -2.16. The van der Waals surface area contributed by atoms with Gasteiger partial charge in [-0.3, -0.25) is 0 Å². The zero-order chi connectivity index (χ0) is 14.9. The van der Waals surface area contributed by atoms with E-state index < -0.39 is 11.9 Å². The summed E-state index contributed by atoms with van der Waals surface area (Å²) in [7, 11) is 0. The molecule has 0 saturated carbocycles. The third-order valence-electron chi connectivity index (χ3n) is 3.06. The molecule has 0 heterocycles. The Morgan fingerprint density at radius 3 is 2.30 bits per heavy atom. The number of hydrogen-bond acceptors (Lipinski definition) is 2. The van der Waals surface area contributed by atoms with Gasteiger partial charge in [0.15, 0.2) is 0 Å². The van der Waals surface area contributed by atoms with Crippen molar-refractivity contribution in [1.29, 1.82) is 0 Å². The Bertz CT molecular complexity index is 615. The number of aliphatic hydroxyl groups excluding tert-OH is 1. The molecule has 1 atom stereocenters. The molecule has 0 amide bonds. The van der Waals surface area contributed by atoms with Gasteiger partial charge < -0.3 is 9.84 Å². The molecule has 20 heavy (non-hydrogen) atoms. The molecule has 2 aromatic carbocycles. The van der Waals surface area contributed by atoms with Crippen LogP contribution in [0, 0.1) is 19.7 Å². The minimum Gasteiger partial charge on any atom is -0.456 e. The van der Waals surface area contributed by atoms with E-state index in [9.17, 15) is 9.50 Å². The highest BCUT2D eigenvalue weighted by Crippen LogP contribution is 2.35. The predicted molar refractivity (Wildman–Crippen MR) is 78.0 cm³/mol. The van der Waals surface area contributed by atoms with E-state index in [-0.39, 0.29) is 0 Å². The van der Waals surface area contributed by atoms with Crippen molar-refractivity contribution < 1.29 is 14.2 Å². The fourth-order valence-corrected chi connectivity index (χ4v) is 2.43. The van der Waals surface area contributed by atoms with Crippen LogP contribution in [0.5, 0.6) is 11.5 Å². The lowest BCUT2D eigenvalue weighted by Crippen LogP contribution is -1.99. The number of hydrogen-bond donors (Lipinski definition) is 1. The first-order valence-corrected chi connectivity index (χ1v) is 6.68. The molecule has 0 aliphatic rings. The lowest BCUT2D eigenvalue weighted by atomic mass is 10.1. The monoisotopic (exact) mass is 294 g/mol. The first-order chi connectivity index (χ1) is 9.38. The fraction of sp³-hybridized carbons (Fsp3) is 0.250. The minimum absolute atomic E-state index is 0.405. The summed E-state index contributed by atoms with van der Waals surface area (Å²) in [6, 6.07) is 7.71. The van der Waals surface area contributed by atoms with Crippen LogP contribution in [0.4, 0.5) is 4.39 Å². The van der Waals surface area contributed by atoms with E-state index in [1.54, 1.807) is 19.1 Å². The molecule has 1 N–H and O–H groups in total. The topological polar surface area (TPSA) is 29.5 Å². The largest absolute Gasteiger partial charge is 0.456 e. The summed E-state index contributed by atoms with van der Waals surface area (Å²) in [5, 5.41) is 10.4. The average molecular weight is 295 g/mol. The summed E-state index contributed by atoms with van der Waals surface area (Å²) in [5.74, 6) is 0.704. The molecular weight excluding hydrogens is 279 g/mol. The van der Waals surface area contributed by atoms with E-state index >= 15 is 0 Å². The summed E-state index contributed by atoms with van der Waals surface area (Å²) >= 11 is 5.98. The summed E-state index contributed by atoms with van der Waals surface area (Å²) < 4.78 is 19.1. The molecule has 0 unspecified atom stereocenters. The Balaban J connectivity index is 2.45. The molecule has 0 aromatic heterocycles. The third-order valence-corrected chi connectivity index (χ3v) is 3.28. The Morgan fingerprint density at radius 2 is 1.75 bits per heavy atom. The van der Waals surface area contributed by atoms with Gasteiger partial charge in [-0.05, 0) is 62.2 Å². The van der Waals surface area contributed by atoms with Crippen LogP contribution in [0.15, 0.2) is 30.3 Å². The van der Waals surface area contributed by atoms with Gasteiger partial charge in [-0.15, -0.1) is 0 Å². The van der Waals surface area contributed by atoms with Gasteiger partial charge >= 0.3 is 0 Å². The number of aryl methyl sites for hydroxylation is 2. The summed E-state index contributed by atoms with van der Waals surface area (Å²) in [6.07, 6.45) is -0.811. The van der Waals surface area contributed by atoms with E-state index in [2.05, 4.69) is 0 Å². The fourth-order valence-electron chi connectivity index (χ4n) is 2.11. The first kappa shape index (κ1) is 14.8. The summed E-state index contributed by atoms with van der Waals surface area (Å²) in [6.45, 7) is 5.35. The highest BCUT2D eigenvalue weighted by molar-refractivity contribution is 6.30. The Hall–Kier alpha value is -1.58. The van der Waals surface area contributed by atoms with Crippen LogP contribution in [-0.2, 0) is 0 Å². The van der Waals surface area contributed by atoms with Gasteiger partial charge in [0, 0.05) is 10.6 Å². The van der Waals surface area contributed by atoms with Crippen LogP contribution in [0.1, 0.15) is 29.7 Å². The van der Waals surface area contributed by atoms with Crippen LogP contribution < -0.4 is 4.74 Å². The number of ether oxygens (including phenoxy) is 1. The standard InChI is InChI=1S/C16H16ClFO2/c1-9-6-12(17)7-10(2)16(9)20-15-5-4-13(18)8-14(15)11(3)19/h4-8,11,19H,1-3H3/t11-/m0/s1. The molecule has 2 aromatic rings. The normalized spacial score (nSPS) is 12.3. The van der Waals surface area contributed by atoms with Crippen molar-refractivity contribution in [3.8, 4) is 11.5 Å². The molecule has 2 nitrogen and oxygen atoms in total. The van der Waals surface area contributed by atoms with Gasteiger partial charge in [0.25, 0.3) is 0 Å². The van der Waals surface area contributed by atoms with E-state index in [4.69, 9.17) is 16.3 Å². The second-order valence-electron chi connectivity index (χ2n) is 4.83. The lowest BCUT2D eigenvalue weighted by molar-refractivity contribution is 0.195. The molecule has 0 spiro atoms. The zero-order valence-corrected chi connectivity index (χ0v) is 12.3. The van der Waals surface area contributed by atoms with Crippen LogP contribution in [-0.4, -0.2) is 5.11 Å². The maximum Gasteiger partial charge on any atom is 0.133 e. The van der Waals surface area contributed by atoms with Crippen molar-refractivity contribution in [2.75, 3.05) is 0 Å². The molecule has 106 valence electrons. The molecule has 0 fully saturated rings. The van der Waals surface area contributed by atoms with Crippen molar-refractivity contribution in [3.63, 3.8) is 0 Å². The van der Waals surface area contributed by atoms with E-state index in [1.165, 1.54) is 18.2 Å². The van der Waals surface area contributed by atoms with Crippen molar-refractivity contribution in [2.45, 2.75) is 26.9 Å². The maximum atomic E-state index is 13.3. The van der Waals surface area contributed by atoms with Crippen molar-refractivity contribution >= 4 is 11.6 Å². The maximum absolute atomic E-state index is 13.3. The van der Waals surface area contributed by atoms with Crippen molar-refractivity contribution in [3.05, 3.63) is 57.9 Å². The van der Waals surface area contributed by atoms with Crippen LogP contribution >= 0.6 is 11.6 Å². The van der Waals surface area contributed by atoms with Crippen LogP contribution in [0.3, 0.4) is 0 Å². The molecule has 0 saturated heterocycles. The van der Waals surface area contributed by atoms with Gasteiger partial charge in [0.2, 0.25) is 0 Å². The van der Waals surface area contributed by atoms with Gasteiger partial charge in [-0.25, -0.2) is 4.39 Å². The highest BCUT2D eigenvalue weighted by Gasteiger charge is 2.14. The van der Waals surface area contributed by atoms with Gasteiger partial charge in [0.05, 0.1) is 6.10 Å². The molecular formula is C16H16ClFO2. The summed E-state index contributed by atoms with van der Waals surface area (Å²) in [5.41, 5.74) is 2.19.